The Bertz CT molecular complexity index is 1400. The van der Waals surface area contributed by atoms with Crippen LogP contribution < -0.4 is 21.7 Å². The van der Waals surface area contributed by atoms with Gasteiger partial charge in [-0.25, -0.2) is 4.39 Å². The monoisotopic (exact) mass is 629 g/mol. The number of halogens is 1. The van der Waals surface area contributed by atoms with E-state index in [1.54, 1.807) is 43.6 Å². The van der Waals surface area contributed by atoms with E-state index < -0.39 is 41.7 Å². The van der Waals surface area contributed by atoms with E-state index in [1.807, 2.05) is 0 Å². The van der Waals surface area contributed by atoms with Crippen molar-refractivity contribution in [2.45, 2.75) is 77.4 Å². The number of nitrogens with one attached hydrogen (secondary N) is 3. The van der Waals surface area contributed by atoms with Gasteiger partial charge in [0.25, 0.3) is 0 Å². The van der Waals surface area contributed by atoms with Crippen molar-refractivity contribution in [2.75, 3.05) is 32.7 Å². The number of nitrogens with two attached hydrogens (primary N) is 1. The van der Waals surface area contributed by atoms with E-state index in [0.29, 0.717) is 50.9 Å². The van der Waals surface area contributed by atoms with Gasteiger partial charge in [0.15, 0.2) is 5.58 Å². The molecule has 0 spiro atoms. The van der Waals surface area contributed by atoms with Crippen LogP contribution in [0.5, 0.6) is 0 Å². The minimum atomic E-state index is -0.892. The summed E-state index contributed by atoms with van der Waals surface area (Å²) < 4.78 is 18.9. The molecule has 1 aromatic carbocycles. The van der Waals surface area contributed by atoms with Crippen LogP contribution in [0.15, 0.2) is 22.7 Å². The Morgan fingerprint density at radius 2 is 1.64 bits per heavy atom. The Labute approximate surface area is 261 Å². The van der Waals surface area contributed by atoms with Crippen molar-refractivity contribution in [1.29, 1.82) is 0 Å². The van der Waals surface area contributed by atoms with Gasteiger partial charge in [-0.1, -0.05) is 32.9 Å². The number of nitrogens with zero attached hydrogens (tertiary/aromatic N) is 3. The summed E-state index contributed by atoms with van der Waals surface area (Å²) in [5.74, 6) is -2.88. The van der Waals surface area contributed by atoms with Gasteiger partial charge >= 0.3 is 0 Å². The maximum atomic E-state index is 13.7. The summed E-state index contributed by atoms with van der Waals surface area (Å²) in [5.41, 5.74) is 6.50. The molecular weight excluding hydrogens is 585 g/mol. The first-order valence-electron chi connectivity index (χ1n) is 15.6. The molecule has 0 radical (unpaired) electrons. The lowest BCUT2D eigenvalue weighted by Crippen LogP contribution is -2.57. The zero-order chi connectivity index (χ0) is 32.8. The Hall–Kier alpha value is -4.07. The van der Waals surface area contributed by atoms with Crippen molar-refractivity contribution >= 4 is 40.5 Å². The first-order valence-corrected chi connectivity index (χ1v) is 15.6. The second-order valence-electron chi connectivity index (χ2n) is 12.5. The van der Waals surface area contributed by atoms with Crippen molar-refractivity contribution < 1.29 is 32.9 Å². The molecule has 3 heterocycles. The molecular formula is C31H44FN7O6. The van der Waals surface area contributed by atoms with E-state index >= 15 is 0 Å². The van der Waals surface area contributed by atoms with Gasteiger partial charge in [0.1, 0.15) is 23.9 Å². The van der Waals surface area contributed by atoms with Crippen LogP contribution in [0.25, 0.3) is 11.0 Å². The minimum absolute atomic E-state index is 0.0656. The zero-order valence-electron chi connectivity index (χ0n) is 26.3. The van der Waals surface area contributed by atoms with Crippen LogP contribution in [-0.2, 0) is 24.0 Å². The maximum Gasteiger partial charge on any atom is 0.246 e. The summed E-state index contributed by atoms with van der Waals surface area (Å²) >= 11 is 0. The Morgan fingerprint density at radius 3 is 2.29 bits per heavy atom. The fraction of sp³-hybridized carbons (Fsp3) is 0.613. The lowest BCUT2D eigenvalue weighted by atomic mass is 9.91. The zero-order valence-corrected chi connectivity index (χ0v) is 26.3. The Balaban J connectivity index is 1.33. The summed E-state index contributed by atoms with van der Waals surface area (Å²) in [4.78, 5) is 67.9. The molecule has 0 bridgehead atoms. The third kappa shape index (κ3) is 7.96. The molecule has 0 unspecified atom stereocenters. The standard InChI is InChI=1S/C31H44FN7O6/c1-17(2)26(35-24(40)15-33)29(42)34-16-25(41)36-27(18(3)4)31(44)39-11-5-6-22(39)30(43)38-12-9-19(10-13-38)28-21-8-7-20(32)14-23(21)45-37-28/h7-8,14,17-19,22,26-27H,5-6,9-13,15-16,33H2,1-4H3,(H,34,42)(H,35,40)(H,36,41)/t22-,26-,27-/m0/s1. The van der Waals surface area contributed by atoms with E-state index in [4.69, 9.17) is 10.3 Å². The molecule has 5 N–H and O–H groups in total. The summed E-state index contributed by atoms with van der Waals surface area (Å²) in [6, 6.07) is 1.98. The molecule has 0 aliphatic carbocycles. The number of benzene rings is 1. The average Bonchev–Trinajstić information content (AvgIpc) is 3.67. The number of carbonyl (C=O) groups excluding carboxylic acids is 5. The molecule has 0 saturated carbocycles. The van der Waals surface area contributed by atoms with Gasteiger partial charge in [-0.15, -0.1) is 0 Å². The van der Waals surface area contributed by atoms with Crippen molar-refractivity contribution in [1.82, 2.24) is 30.9 Å². The van der Waals surface area contributed by atoms with Gasteiger partial charge in [0.2, 0.25) is 29.5 Å². The lowest BCUT2D eigenvalue weighted by Gasteiger charge is -2.36. The summed E-state index contributed by atoms with van der Waals surface area (Å²) in [6.45, 7) is 7.85. The minimum Gasteiger partial charge on any atom is -0.356 e. The first kappa shape index (κ1) is 33.8. The van der Waals surface area contributed by atoms with Gasteiger partial charge in [-0.05, 0) is 49.7 Å². The number of fused-ring (bicyclic) bond motifs is 1. The number of amides is 5. The quantitative estimate of drug-likeness (QED) is 0.284. The van der Waals surface area contributed by atoms with Gasteiger partial charge in [0, 0.05) is 37.0 Å². The molecule has 14 heteroatoms. The highest BCUT2D eigenvalue weighted by Crippen LogP contribution is 2.33. The molecule has 2 aliphatic rings. The lowest BCUT2D eigenvalue weighted by molar-refractivity contribution is -0.146. The predicted octanol–water partition coefficient (Wildman–Crippen LogP) is 1.02. The fourth-order valence-electron chi connectivity index (χ4n) is 6.06. The van der Waals surface area contributed by atoms with E-state index in [0.717, 1.165) is 11.1 Å². The number of piperidine rings is 1. The maximum absolute atomic E-state index is 13.7. The summed E-state index contributed by atoms with van der Waals surface area (Å²) in [7, 11) is 0. The van der Waals surface area contributed by atoms with Gasteiger partial charge in [0.05, 0.1) is 18.8 Å². The van der Waals surface area contributed by atoms with E-state index in [-0.39, 0.29) is 42.7 Å². The number of hydrogen-bond acceptors (Lipinski definition) is 8. The molecule has 2 aromatic rings. The third-order valence-electron chi connectivity index (χ3n) is 8.60. The van der Waals surface area contributed by atoms with Crippen LogP contribution in [0.4, 0.5) is 4.39 Å². The SMILES string of the molecule is CC(C)[C@H](NC(=O)CN)C(=O)NCC(=O)N[C@H](C(=O)N1CCC[C@H]1C(=O)N1CCC(c2noc3cc(F)ccc23)CC1)C(C)C. The van der Waals surface area contributed by atoms with E-state index in [2.05, 4.69) is 21.1 Å². The topological polar surface area (TPSA) is 180 Å². The van der Waals surface area contributed by atoms with Crippen molar-refractivity contribution in [3.63, 3.8) is 0 Å². The highest BCUT2D eigenvalue weighted by molar-refractivity contribution is 5.95. The second-order valence-corrected chi connectivity index (χ2v) is 12.5. The Morgan fingerprint density at radius 1 is 0.978 bits per heavy atom. The van der Waals surface area contributed by atoms with Gasteiger partial charge in [-0.2, -0.15) is 0 Å². The second kappa shape index (κ2) is 14.8. The van der Waals surface area contributed by atoms with Crippen LogP contribution >= 0.6 is 0 Å². The first-order chi connectivity index (χ1) is 21.4. The highest BCUT2D eigenvalue weighted by atomic mass is 19.1. The van der Waals surface area contributed by atoms with Crippen molar-refractivity contribution in [2.24, 2.45) is 17.6 Å². The fourth-order valence-corrected chi connectivity index (χ4v) is 6.06. The van der Waals surface area contributed by atoms with E-state index in [1.165, 1.54) is 12.1 Å². The number of likely N-dealkylation sites (tertiary alicyclic amines) is 2. The van der Waals surface area contributed by atoms with Crippen LogP contribution in [0.3, 0.4) is 0 Å². The van der Waals surface area contributed by atoms with Gasteiger partial charge in [-0.3, -0.25) is 24.0 Å². The molecule has 13 nitrogen and oxygen atoms in total. The summed E-state index contributed by atoms with van der Waals surface area (Å²) in [5, 5.41) is 12.7. The highest BCUT2D eigenvalue weighted by Gasteiger charge is 2.41. The number of hydrogen-bond donors (Lipinski definition) is 4. The predicted molar refractivity (Wildman–Crippen MR) is 163 cm³/mol. The molecule has 45 heavy (non-hydrogen) atoms. The molecule has 1 aromatic heterocycles. The average molecular weight is 630 g/mol. The largest absolute Gasteiger partial charge is 0.356 e. The Kier molecular flexibility index (Phi) is 11.1. The van der Waals surface area contributed by atoms with Crippen LogP contribution in [-0.4, -0.2) is 95.3 Å². The molecule has 246 valence electrons. The molecule has 2 saturated heterocycles. The number of rotatable bonds is 11. The van der Waals surface area contributed by atoms with Crippen LogP contribution in [0.2, 0.25) is 0 Å². The van der Waals surface area contributed by atoms with Crippen molar-refractivity contribution in [3.8, 4) is 0 Å². The normalized spacial score (nSPS) is 18.7. The van der Waals surface area contributed by atoms with Crippen LogP contribution in [0.1, 0.15) is 65.0 Å². The molecule has 3 atom stereocenters. The number of aromatic nitrogens is 1. The van der Waals surface area contributed by atoms with Crippen molar-refractivity contribution in [3.05, 3.63) is 29.7 Å². The molecule has 4 rings (SSSR count). The molecule has 2 fully saturated rings. The van der Waals surface area contributed by atoms with E-state index in [9.17, 15) is 28.4 Å². The van der Waals surface area contributed by atoms with Gasteiger partial charge < -0.3 is 36.0 Å². The summed E-state index contributed by atoms with van der Waals surface area (Å²) in [6.07, 6.45) is 2.52. The molecule has 5 amide bonds. The third-order valence-corrected chi connectivity index (χ3v) is 8.60. The number of carbonyl (C=O) groups is 5. The van der Waals surface area contributed by atoms with Crippen LogP contribution in [0, 0.1) is 17.7 Å². The smallest absolute Gasteiger partial charge is 0.246 e. The molecule has 2 aliphatic heterocycles.